The maximum Gasteiger partial charge on any atom is 0.341 e. The largest absolute Gasteiger partial charge is 0.495 e. The second kappa shape index (κ2) is 10.9. The fraction of sp³-hybridized carbons (Fsp3) is 0.379. The minimum absolute atomic E-state index is 0.122. The summed E-state index contributed by atoms with van der Waals surface area (Å²) in [6.07, 6.45) is 6.08. The molecule has 38 heavy (non-hydrogen) atoms. The lowest BCUT2D eigenvalue weighted by atomic mass is 9.95. The van der Waals surface area contributed by atoms with E-state index in [9.17, 15) is 9.59 Å². The second-order valence-corrected chi connectivity index (χ2v) is 11.8. The molecule has 1 fully saturated rings. The fourth-order valence-corrected chi connectivity index (χ4v) is 7.61. The molecular formula is C29H33N3O4S2. The van der Waals surface area contributed by atoms with Crippen molar-refractivity contribution in [3.05, 3.63) is 67.7 Å². The summed E-state index contributed by atoms with van der Waals surface area (Å²) in [4.78, 5) is 27.9. The number of aryl methyl sites for hydroxylation is 3. The number of thioether (sulfide) groups is 1. The van der Waals surface area contributed by atoms with Gasteiger partial charge in [-0.15, -0.1) is 11.3 Å². The first-order valence-corrected chi connectivity index (χ1v) is 14.6. The van der Waals surface area contributed by atoms with Crippen molar-refractivity contribution in [2.75, 3.05) is 19.0 Å². The van der Waals surface area contributed by atoms with Crippen molar-refractivity contribution in [1.29, 1.82) is 0 Å². The van der Waals surface area contributed by atoms with Crippen molar-refractivity contribution in [3.8, 4) is 10.8 Å². The molecule has 1 aliphatic carbocycles. The van der Waals surface area contributed by atoms with E-state index in [-0.39, 0.29) is 17.4 Å². The first-order chi connectivity index (χ1) is 18.3. The number of methoxy groups -OCH3 is 1. The molecule has 2 N–H and O–H groups in total. The molecule has 3 aromatic rings. The highest BCUT2D eigenvalue weighted by atomic mass is 32.2. The van der Waals surface area contributed by atoms with Crippen molar-refractivity contribution in [2.45, 2.75) is 58.9 Å². The van der Waals surface area contributed by atoms with Crippen LogP contribution in [0.3, 0.4) is 0 Å². The van der Waals surface area contributed by atoms with E-state index in [1.807, 2.05) is 52.0 Å². The first kappa shape index (κ1) is 26.4. The van der Waals surface area contributed by atoms with Gasteiger partial charge in [-0.2, -0.15) is 0 Å². The highest BCUT2D eigenvalue weighted by Gasteiger charge is 2.30. The summed E-state index contributed by atoms with van der Waals surface area (Å²) in [6, 6.07) is 7.98. The Morgan fingerprint density at radius 2 is 2.00 bits per heavy atom. The molecular weight excluding hydrogens is 518 g/mol. The van der Waals surface area contributed by atoms with E-state index in [0.29, 0.717) is 17.1 Å². The van der Waals surface area contributed by atoms with Gasteiger partial charge in [-0.05, 0) is 94.3 Å². The molecule has 1 unspecified atom stereocenters. The summed E-state index contributed by atoms with van der Waals surface area (Å²) >= 11 is 3.14. The number of fused-ring (bicyclic) bond motifs is 1. The number of hydrogen-bond donors (Lipinski definition) is 2. The standard InChI is InChI=1S/C29H33N3O4S2/c1-6-36-28(34)25-20-9-7-8-10-23(20)37-27(25)32-17(3)14-19(18(32)4)15-24-26(33)31-29(38-24)30-21-13-16(2)11-12-22(21)35-5/h11-15,29-30H,6-10H2,1-5H3,(H,31,33)/b24-15-. The first-order valence-electron chi connectivity index (χ1n) is 12.9. The van der Waals surface area contributed by atoms with Crippen LogP contribution in [0.25, 0.3) is 11.1 Å². The lowest BCUT2D eigenvalue weighted by molar-refractivity contribution is -0.116. The molecule has 2 aromatic heterocycles. The summed E-state index contributed by atoms with van der Waals surface area (Å²) in [6.45, 7) is 8.29. The molecule has 7 nitrogen and oxygen atoms in total. The molecule has 3 heterocycles. The van der Waals surface area contributed by atoms with Gasteiger partial charge in [0.1, 0.15) is 10.8 Å². The average Bonchev–Trinajstić information content (AvgIpc) is 3.51. The average molecular weight is 552 g/mol. The third-order valence-electron chi connectivity index (χ3n) is 6.96. The third-order valence-corrected chi connectivity index (χ3v) is 9.27. The Morgan fingerprint density at radius 3 is 2.76 bits per heavy atom. The van der Waals surface area contributed by atoms with Crippen molar-refractivity contribution < 1.29 is 19.1 Å². The van der Waals surface area contributed by atoms with Gasteiger partial charge >= 0.3 is 5.97 Å². The number of anilines is 1. The number of rotatable bonds is 7. The molecule has 0 bridgehead atoms. The number of hydrogen-bond acceptors (Lipinski definition) is 7. The smallest absolute Gasteiger partial charge is 0.341 e. The van der Waals surface area contributed by atoms with Gasteiger partial charge in [-0.3, -0.25) is 4.79 Å². The van der Waals surface area contributed by atoms with E-state index >= 15 is 0 Å². The number of aromatic nitrogens is 1. The maximum atomic E-state index is 13.1. The predicted molar refractivity (Wildman–Crippen MR) is 155 cm³/mol. The number of carbonyl (C=O) groups is 2. The number of benzene rings is 1. The minimum atomic E-state index is -0.313. The summed E-state index contributed by atoms with van der Waals surface area (Å²) < 4.78 is 13.1. The molecule has 0 spiro atoms. The van der Waals surface area contributed by atoms with Crippen molar-refractivity contribution >= 4 is 46.7 Å². The van der Waals surface area contributed by atoms with Crippen LogP contribution in [0.2, 0.25) is 0 Å². The molecule has 1 saturated heterocycles. The third kappa shape index (κ3) is 4.97. The highest BCUT2D eigenvalue weighted by Crippen LogP contribution is 2.40. The molecule has 1 amide bonds. The van der Waals surface area contributed by atoms with Gasteiger partial charge in [-0.25, -0.2) is 4.79 Å². The predicted octanol–water partition coefficient (Wildman–Crippen LogP) is 6.13. The van der Waals surface area contributed by atoms with Crippen LogP contribution in [0.1, 0.15) is 63.1 Å². The molecule has 200 valence electrons. The molecule has 1 aromatic carbocycles. The van der Waals surface area contributed by atoms with E-state index in [0.717, 1.165) is 70.2 Å². The number of esters is 1. The lowest BCUT2D eigenvalue weighted by Gasteiger charge is -2.16. The Bertz CT molecular complexity index is 1440. The second-order valence-electron chi connectivity index (χ2n) is 9.60. The summed E-state index contributed by atoms with van der Waals surface area (Å²) in [7, 11) is 1.63. The Kier molecular flexibility index (Phi) is 7.59. The summed E-state index contributed by atoms with van der Waals surface area (Å²) in [5, 5.41) is 7.31. The van der Waals surface area contributed by atoms with Gasteiger partial charge < -0.3 is 24.7 Å². The summed E-state index contributed by atoms with van der Waals surface area (Å²) in [5.41, 5.74) is 6.43. The zero-order valence-corrected chi connectivity index (χ0v) is 24.0. The van der Waals surface area contributed by atoms with E-state index in [1.54, 1.807) is 18.4 Å². The van der Waals surface area contributed by atoms with Crippen molar-refractivity contribution in [1.82, 2.24) is 9.88 Å². The molecule has 0 radical (unpaired) electrons. The van der Waals surface area contributed by atoms with Crippen LogP contribution in [-0.2, 0) is 22.4 Å². The number of nitrogens with zero attached hydrogens (tertiary/aromatic N) is 1. The van der Waals surface area contributed by atoms with Crippen molar-refractivity contribution in [2.24, 2.45) is 0 Å². The zero-order chi connectivity index (χ0) is 27.0. The number of ether oxygens (including phenoxy) is 2. The fourth-order valence-electron chi connectivity index (χ4n) is 5.15. The molecule has 1 aliphatic heterocycles. The number of thiophene rings is 1. The van der Waals surface area contributed by atoms with E-state index < -0.39 is 0 Å². The van der Waals surface area contributed by atoms with Gasteiger partial charge in [-0.1, -0.05) is 17.8 Å². The van der Waals surface area contributed by atoms with Gasteiger partial charge in [0, 0.05) is 16.3 Å². The van der Waals surface area contributed by atoms with E-state index in [1.165, 1.54) is 16.6 Å². The van der Waals surface area contributed by atoms with Gasteiger partial charge in [0.25, 0.3) is 5.91 Å². The van der Waals surface area contributed by atoms with Crippen LogP contribution in [0.15, 0.2) is 29.2 Å². The molecule has 1 atom stereocenters. The highest BCUT2D eigenvalue weighted by molar-refractivity contribution is 8.05. The maximum absolute atomic E-state index is 13.1. The van der Waals surface area contributed by atoms with E-state index in [4.69, 9.17) is 9.47 Å². The van der Waals surface area contributed by atoms with Crippen LogP contribution in [-0.4, -0.2) is 35.7 Å². The molecule has 2 aliphatic rings. The van der Waals surface area contributed by atoms with Crippen LogP contribution in [0.5, 0.6) is 5.75 Å². The zero-order valence-electron chi connectivity index (χ0n) is 22.4. The lowest BCUT2D eigenvalue weighted by Crippen LogP contribution is -2.31. The quantitative estimate of drug-likeness (QED) is 0.272. The monoisotopic (exact) mass is 551 g/mol. The Morgan fingerprint density at radius 1 is 1.21 bits per heavy atom. The minimum Gasteiger partial charge on any atom is -0.495 e. The number of carbonyl (C=O) groups excluding carboxylic acids is 2. The summed E-state index contributed by atoms with van der Waals surface area (Å²) in [5.74, 6) is 0.353. The molecule has 9 heteroatoms. The van der Waals surface area contributed by atoms with Gasteiger partial charge in [0.2, 0.25) is 0 Å². The normalized spacial score (nSPS) is 17.9. The van der Waals surface area contributed by atoms with Gasteiger partial charge in [0.15, 0.2) is 5.50 Å². The Labute approximate surface area is 231 Å². The molecule has 5 rings (SSSR count). The van der Waals surface area contributed by atoms with Crippen LogP contribution in [0, 0.1) is 20.8 Å². The van der Waals surface area contributed by atoms with Crippen molar-refractivity contribution in [3.63, 3.8) is 0 Å². The van der Waals surface area contributed by atoms with Crippen LogP contribution >= 0.6 is 23.1 Å². The van der Waals surface area contributed by atoms with Gasteiger partial charge in [0.05, 0.1) is 29.9 Å². The Hall–Kier alpha value is -3.17. The topological polar surface area (TPSA) is 81.6 Å². The Balaban J connectivity index is 1.46. The molecule has 0 saturated carbocycles. The number of amides is 1. The SMILES string of the molecule is CCOC(=O)c1c(-n2c(C)cc(/C=C3\SC(Nc4cc(C)ccc4OC)NC3=O)c2C)sc2c1CCCC2. The van der Waals surface area contributed by atoms with Crippen LogP contribution in [0.4, 0.5) is 5.69 Å². The number of nitrogens with one attached hydrogen (secondary N) is 2. The van der Waals surface area contributed by atoms with E-state index in [2.05, 4.69) is 21.3 Å². The van der Waals surface area contributed by atoms with Crippen LogP contribution < -0.4 is 15.4 Å².